The number of carbonyl (C=O) groups excluding carboxylic acids is 3. The molecule has 0 fully saturated rings. The molecule has 0 aromatic heterocycles. The van der Waals surface area contributed by atoms with Gasteiger partial charge in [-0.3, -0.25) is 4.90 Å². The molecule has 0 aliphatic carbocycles. The van der Waals surface area contributed by atoms with E-state index in [1.807, 2.05) is 13.8 Å². The van der Waals surface area contributed by atoms with Gasteiger partial charge in [-0.1, -0.05) is 32.1 Å². The van der Waals surface area contributed by atoms with Crippen LogP contribution in [-0.2, 0) is 23.8 Å². The number of amides is 1. The standard InChI is InChI=1S/C19H29NO6/c1-8-25-16(21)13(11-12(2)3)14-9-10-15(17(22)24-7)20(14)18(23)26-19(4,5)6/h9-12,14-15H,8H2,1-7H3/b13-11+/t14-,15+/m1/s1. The van der Waals surface area contributed by atoms with Crippen LogP contribution in [0, 0.1) is 5.92 Å². The molecule has 1 aliphatic rings. The Morgan fingerprint density at radius 1 is 1.15 bits per heavy atom. The van der Waals surface area contributed by atoms with Gasteiger partial charge in [0.1, 0.15) is 5.60 Å². The lowest BCUT2D eigenvalue weighted by Crippen LogP contribution is -2.49. The minimum absolute atomic E-state index is 0.0421. The first-order valence-electron chi connectivity index (χ1n) is 8.68. The average Bonchev–Trinajstić information content (AvgIpc) is 2.94. The minimum Gasteiger partial charge on any atom is -0.467 e. The van der Waals surface area contributed by atoms with Crippen molar-refractivity contribution in [3.05, 3.63) is 23.8 Å². The van der Waals surface area contributed by atoms with E-state index in [2.05, 4.69) is 0 Å². The molecule has 0 saturated heterocycles. The predicted molar refractivity (Wildman–Crippen MR) is 96.4 cm³/mol. The summed E-state index contributed by atoms with van der Waals surface area (Å²) in [6.45, 7) is 10.9. The number of hydrogen-bond acceptors (Lipinski definition) is 6. The van der Waals surface area contributed by atoms with E-state index in [-0.39, 0.29) is 18.1 Å². The van der Waals surface area contributed by atoms with Crippen molar-refractivity contribution in [1.29, 1.82) is 0 Å². The summed E-state index contributed by atoms with van der Waals surface area (Å²) in [5.41, 5.74) is -0.466. The van der Waals surface area contributed by atoms with Crippen molar-refractivity contribution in [2.75, 3.05) is 13.7 Å². The van der Waals surface area contributed by atoms with Gasteiger partial charge in [-0.25, -0.2) is 14.4 Å². The van der Waals surface area contributed by atoms with Gasteiger partial charge in [-0.15, -0.1) is 0 Å². The summed E-state index contributed by atoms with van der Waals surface area (Å²) in [6, 6.07) is -1.74. The summed E-state index contributed by atoms with van der Waals surface area (Å²) in [4.78, 5) is 38.5. The number of allylic oxidation sites excluding steroid dienone is 1. The van der Waals surface area contributed by atoms with E-state index >= 15 is 0 Å². The van der Waals surface area contributed by atoms with E-state index in [1.165, 1.54) is 18.1 Å². The lowest BCUT2D eigenvalue weighted by Gasteiger charge is -2.32. The van der Waals surface area contributed by atoms with Crippen molar-refractivity contribution in [3.63, 3.8) is 0 Å². The largest absolute Gasteiger partial charge is 0.467 e. The van der Waals surface area contributed by atoms with Crippen LogP contribution in [0.4, 0.5) is 4.79 Å². The molecule has 7 nitrogen and oxygen atoms in total. The topological polar surface area (TPSA) is 82.1 Å². The first-order chi connectivity index (χ1) is 12.0. The van der Waals surface area contributed by atoms with Crippen molar-refractivity contribution in [2.45, 2.75) is 59.2 Å². The Labute approximate surface area is 155 Å². The maximum atomic E-state index is 12.7. The number of esters is 2. The summed E-state index contributed by atoms with van der Waals surface area (Å²) in [7, 11) is 1.24. The molecule has 146 valence electrons. The van der Waals surface area contributed by atoms with Crippen LogP contribution in [0.15, 0.2) is 23.8 Å². The van der Waals surface area contributed by atoms with E-state index in [4.69, 9.17) is 14.2 Å². The normalized spacial score (nSPS) is 20.3. The third kappa shape index (κ3) is 5.61. The fourth-order valence-corrected chi connectivity index (χ4v) is 2.54. The Bertz CT molecular complexity index is 600. The molecule has 0 N–H and O–H groups in total. The molecule has 0 unspecified atom stereocenters. The van der Waals surface area contributed by atoms with Gasteiger partial charge in [-0.2, -0.15) is 0 Å². The van der Waals surface area contributed by atoms with Crippen LogP contribution in [0.2, 0.25) is 0 Å². The van der Waals surface area contributed by atoms with E-state index in [9.17, 15) is 14.4 Å². The van der Waals surface area contributed by atoms with Gasteiger partial charge < -0.3 is 14.2 Å². The van der Waals surface area contributed by atoms with Crippen LogP contribution in [0.25, 0.3) is 0 Å². The van der Waals surface area contributed by atoms with E-state index in [1.54, 1.807) is 39.8 Å². The summed E-state index contributed by atoms with van der Waals surface area (Å²) in [6.07, 6.45) is 4.18. The molecule has 1 rings (SSSR count). The number of hydrogen-bond donors (Lipinski definition) is 0. The van der Waals surface area contributed by atoms with E-state index in [0.29, 0.717) is 0 Å². The zero-order valence-corrected chi connectivity index (χ0v) is 16.6. The Balaban J connectivity index is 3.31. The Hall–Kier alpha value is -2.31. The molecule has 26 heavy (non-hydrogen) atoms. The SMILES string of the molecule is CCOC(=O)/C(=C/C(C)C)[C@H]1C=C[C@@H](C(=O)OC)N1C(=O)OC(C)(C)C. The molecule has 1 aliphatic heterocycles. The van der Waals surface area contributed by atoms with Gasteiger partial charge >= 0.3 is 18.0 Å². The third-order valence-corrected chi connectivity index (χ3v) is 3.46. The third-order valence-electron chi connectivity index (χ3n) is 3.46. The lowest BCUT2D eigenvalue weighted by atomic mass is 10.0. The van der Waals surface area contributed by atoms with E-state index in [0.717, 1.165) is 0 Å². The van der Waals surface area contributed by atoms with Gasteiger partial charge in [0.05, 0.1) is 25.3 Å². The second-order valence-corrected chi connectivity index (χ2v) is 7.27. The highest BCUT2D eigenvalue weighted by Crippen LogP contribution is 2.28. The summed E-state index contributed by atoms with van der Waals surface area (Å²) < 4.78 is 15.4. The first kappa shape index (κ1) is 21.7. The Morgan fingerprint density at radius 2 is 1.73 bits per heavy atom. The number of nitrogens with zero attached hydrogens (tertiary/aromatic N) is 1. The van der Waals surface area contributed by atoms with Crippen molar-refractivity contribution in [2.24, 2.45) is 5.92 Å². The summed E-state index contributed by atoms with van der Waals surface area (Å²) >= 11 is 0. The highest BCUT2D eigenvalue weighted by molar-refractivity contribution is 5.93. The van der Waals surface area contributed by atoms with Gasteiger partial charge in [0.15, 0.2) is 6.04 Å². The molecular formula is C19H29NO6. The maximum Gasteiger partial charge on any atom is 0.412 e. The zero-order valence-electron chi connectivity index (χ0n) is 16.6. The monoisotopic (exact) mass is 367 g/mol. The molecule has 0 aromatic rings. The van der Waals surface area contributed by atoms with Crippen LogP contribution in [0.1, 0.15) is 41.5 Å². The van der Waals surface area contributed by atoms with Crippen molar-refractivity contribution >= 4 is 18.0 Å². The molecule has 0 aromatic carbocycles. The minimum atomic E-state index is -0.968. The first-order valence-corrected chi connectivity index (χ1v) is 8.68. The molecule has 1 heterocycles. The Morgan fingerprint density at radius 3 is 2.19 bits per heavy atom. The van der Waals surface area contributed by atoms with Crippen LogP contribution in [0.5, 0.6) is 0 Å². The van der Waals surface area contributed by atoms with Crippen molar-refractivity contribution in [3.8, 4) is 0 Å². The van der Waals surface area contributed by atoms with Gasteiger partial charge in [0, 0.05) is 0 Å². The lowest BCUT2D eigenvalue weighted by molar-refractivity contribution is -0.145. The summed E-state index contributed by atoms with van der Waals surface area (Å²) in [5.74, 6) is -1.10. The van der Waals surface area contributed by atoms with Gasteiger partial charge in [0.2, 0.25) is 0 Å². The van der Waals surface area contributed by atoms with Gasteiger partial charge in [0.25, 0.3) is 0 Å². The predicted octanol–water partition coefficient (Wildman–Crippen LogP) is 2.85. The highest BCUT2D eigenvalue weighted by Gasteiger charge is 2.43. The zero-order chi connectivity index (χ0) is 20.1. The van der Waals surface area contributed by atoms with Crippen LogP contribution < -0.4 is 0 Å². The number of rotatable bonds is 5. The smallest absolute Gasteiger partial charge is 0.412 e. The molecule has 0 radical (unpaired) electrons. The molecule has 1 amide bonds. The fraction of sp³-hybridized carbons (Fsp3) is 0.632. The molecule has 0 bridgehead atoms. The maximum absolute atomic E-state index is 12.7. The van der Waals surface area contributed by atoms with Crippen LogP contribution in [-0.4, -0.2) is 54.3 Å². The van der Waals surface area contributed by atoms with Gasteiger partial charge in [-0.05, 0) is 33.6 Å². The van der Waals surface area contributed by atoms with E-state index < -0.39 is 35.7 Å². The quantitative estimate of drug-likeness (QED) is 0.322. The average molecular weight is 367 g/mol. The highest BCUT2D eigenvalue weighted by atomic mass is 16.6. The number of carbonyl (C=O) groups is 3. The summed E-state index contributed by atoms with van der Waals surface area (Å²) in [5, 5.41) is 0. The van der Waals surface area contributed by atoms with Crippen molar-refractivity contribution < 1.29 is 28.6 Å². The number of ether oxygens (including phenoxy) is 3. The molecule has 0 saturated carbocycles. The molecular weight excluding hydrogens is 338 g/mol. The fourth-order valence-electron chi connectivity index (χ4n) is 2.54. The van der Waals surface area contributed by atoms with Crippen LogP contribution in [0.3, 0.4) is 0 Å². The second kappa shape index (κ2) is 8.87. The van der Waals surface area contributed by atoms with Crippen LogP contribution >= 0.6 is 0 Å². The number of methoxy groups -OCH3 is 1. The molecule has 2 atom stereocenters. The molecule has 0 spiro atoms. The second-order valence-electron chi connectivity index (χ2n) is 7.27. The molecule has 7 heteroatoms. The van der Waals surface area contributed by atoms with Crippen molar-refractivity contribution in [1.82, 2.24) is 4.90 Å². The Kier molecular flexibility index (Phi) is 7.41.